The molecule has 0 aliphatic carbocycles. The van der Waals surface area contributed by atoms with Gasteiger partial charge in [0.25, 0.3) is 0 Å². The summed E-state index contributed by atoms with van der Waals surface area (Å²) < 4.78 is 5.73. The van der Waals surface area contributed by atoms with Gasteiger partial charge >= 0.3 is 0 Å². The van der Waals surface area contributed by atoms with Crippen LogP contribution in [0.15, 0.2) is 57.7 Å². The van der Waals surface area contributed by atoms with Crippen LogP contribution in [-0.2, 0) is 0 Å². The number of nitrogen functional groups attached to an aromatic ring is 2. The maximum atomic E-state index is 12.0. The molecule has 0 saturated heterocycles. The molecule has 4 N–H and O–H groups in total. The van der Waals surface area contributed by atoms with Gasteiger partial charge in [-0.2, -0.15) is 0 Å². The molecule has 0 atom stereocenters. The predicted molar refractivity (Wildman–Crippen MR) is 76.7 cm³/mol. The summed E-state index contributed by atoms with van der Waals surface area (Å²) in [6.07, 6.45) is 0. The van der Waals surface area contributed by atoms with Gasteiger partial charge in [0, 0.05) is 23.0 Å². The number of nitrogens with two attached hydrogens (primary N) is 2. The van der Waals surface area contributed by atoms with Crippen molar-refractivity contribution in [3.8, 4) is 11.3 Å². The van der Waals surface area contributed by atoms with Crippen molar-refractivity contribution in [1.29, 1.82) is 0 Å². The fourth-order valence-electron chi connectivity index (χ4n) is 2.07. The van der Waals surface area contributed by atoms with Crippen molar-refractivity contribution in [3.05, 3.63) is 58.8 Å². The van der Waals surface area contributed by atoms with E-state index in [0.717, 1.165) is 0 Å². The van der Waals surface area contributed by atoms with Crippen LogP contribution in [0.3, 0.4) is 0 Å². The first-order valence-electron chi connectivity index (χ1n) is 5.83. The first-order chi connectivity index (χ1) is 9.13. The van der Waals surface area contributed by atoms with Crippen LogP contribution >= 0.6 is 0 Å². The van der Waals surface area contributed by atoms with Crippen LogP contribution in [0.25, 0.3) is 22.3 Å². The van der Waals surface area contributed by atoms with E-state index in [0.29, 0.717) is 33.7 Å². The summed E-state index contributed by atoms with van der Waals surface area (Å²) in [6.45, 7) is 0. The third-order valence-corrected chi connectivity index (χ3v) is 2.90. The molecule has 19 heavy (non-hydrogen) atoms. The van der Waals surface area contributed by atoms with Crippen LogP contribution < -0.4 is 16.9 Å². The maximum Gasteiger partial charge on any atom is 0.193 e. The molecule has 0 saturated carbocycles. The van der Waals surface area contributed by atoms with Gasteiger partial charge in [-0.3, -0.25) is 4.79 Å². The lowest BCUT2D eigenvalue weighted by Gasteiger charge is -2.05. The van der Waals surface area contributed by atoms with E-state index in [1.165, 1.54) is 6.07 Å². The van der Waals surface area contributed by atoms with Crippen molar-refractivity contribution in [1.82, 2.24) is 0 Å². The lowest BCUT2D eigenvalue weighted by molar-refractivity contribution is 0.619. The van der Waals surface area contributed by atoms with Gasteiger partial charge in [-0.25, -0.2) is 0 Å². The largest absolute Gasteiger partial charge is 0.456 e. The van der Waals surface area contributed by atoms with Crippen molar-refractivity contribution >= 4 is 22.3 Å². The molecule has 0 unspecified atom stereocenters. The number of hydrogen-bond donors (Lipinski definition) is 2. The number of benzene rings is 2. The molecule has 3 rings (SSSR count). The Balaban J connectivity index is 2.28. The van der Waals surface area contributed by atoms with Gasteiger partial charge in [0.15, 0.2) is 5.43 Å². The molecular weight excluding hydrogens is 240 g/mol. The van der Waals surface area contributed by atoms with Crippen LogP contribution in [0.2, 0.25) is 0 Å². The molecule has 0 aliphatic heterocycles. The average molecular weight is 252 g/mol. The zero-order chi connectivity index (χ0) is 13.4. The zero-order valence-electron chi connectivity index (χ0n) is 10.1. The number of anilines is 2. The smallest absolute Gasteiger partial charge is 0.193 e. The van der Waals surface area contributed by atoms with E-state index in [9.17, 15) is 4.79 Å². The Morgan fingerprint density at radius 2 is 1.58 bits per heavy atom. The molecule has 4 heteroatoms. The Morgan fingerprint density at radius 3 is 2.32 bits per heavy atom. The van der Waals surface area contributed by atoms with Gasteiger partial charge in [0.05, 0.1) is 5.39 Å². The first kappa shape index (κ1) is 11.3. The molecule has 0 radical (unpaired) electrons. The number of rotatable bonds is 1. The van der Waals surface area contributed by atoms with E-state index in [1.807, 2.05) is 6.07 Å². The van der Waals surface area contributed by atoms with E-state index in [4.69, 9.17) is 15.9 Å². The van der Waals surface area contributed by atoms with Gasteiger partial charge in [0.1, 0.15) is 11.3 Å². The van der Waals surface area contributed by atoms with Crippen LogP contribution in [-0.4, -0.2) is 0 Å². The molecule has 4 nitrogen and oxygen atoms in total. The lowest BCUT2D eigenvalue weighted by atomic mass is 10.1. The predicted octanol–water partition coefficient (Wildman–Crippen LogP) is 2.62. The van der Waals surface area contributed by atoms with Crippen LogP contribution in [0.1, 0.15) is 0 Å². The molecule has 1 heterocycles. The van der Waals surface area contributed by atoms with E-state index in [1.54, 1.807) is 36.4 Å². The highest BCUT2D eigenvalue weighted by Crippen LogP contribution is 2.26. The monoisotopic (exact) mass is 252 g/mol. The SMILES string of the molecule is Nc1cc(N)cc(-c2cc(=O)c3ccccc3o2)c1. The van der Waals surface area contributed by atoms with E-state index in [2.05, 4.69) is 0 Å². The third kappa shape index (κ3) is 2.04. The third-order valence-electron chi connectivity index (χ3n) is 2.90. The molecule has 3 aromatic rings. The van der Waals surface area contributed by atoms with Crippen molar-refractivity contribution in [2.45, 2.75) is 0 Å². The molecule has 0 spiro atoms. The summed E-state index contributed by atoms with van der Waals surface area (Å²) in [7, 11) is 0. The zero-order valence-corrected chi connectivity index (χ0v) is 10.1. The van der Waals surface area contributed by atoms with E-state index >= 15 is 0 Å². The van der Waals surface area contributed by atoms with E-state index < -0.39 is 0 Å². The Hall–Kier alpha value is -2.75. The number of hydrogen-bond acceptors (Lipinski definition) is 4. The topological polar surface area (TPSA) is 82.2 Å². The van der Waals surface area contributed by atoms with Crippen molar-refractivity contribution in [3.63, 3.8) is 0 Å². The van der Waals surface area contributed by atoms with Gasteiger partial charge in [-0.05, 0) is 30.3 Å². The second kappa shape index (κ2) is 4.17. The average Bonchev–Trinajstić information content (AvgIpc) is 2.37. The maximum absolute atomic E-state index is 12.0. The van der Waals surface area contributed by atoms with Crippen LogP contribution in [0, 0.1) is 0 Å². The summed E-state index contributed by atoms with van der Waals surface area (Å²) in [5, 5.41) is 0.558. The first-order valence-corrected chi connectivity index (χ1v) is 5.83. The quantitative estimate of drug-likeness (QED) is 0.652. The van der Waals surface area contributed by atoms with Gasteiger partial charge < -0.3 is 15.9 Å². The standard InChI is InChI=1S/C15H12N2O2/c16-10-5-9(6-11(17)7-10)15-8-13(18)12-3-1-2-4-14(12)19-15/h1-8H,16-17H2. The molecule has 0 amide bonds. The molecule has 0 aliphatic rings. The molecular formula is C15H12N2O2. The van der Waals surface area contributed by atoms with Gasteiger partial charge in [0.2, 0.25) is 0 Å². The molecule has 94 valence electrons. The second-order valence-corrected chi connectivity index (χ2v) is 4.36. The Kier molecular flexibility index (Phi) is 2.49. The number of fused-ring (bicyclic) bond motifs is 1. The highest BCUT2D eigenvalue weighted by molar-refractivity contribution is 5.79. The molecule has 2 aromatic carbocycles. The van der Waals surface area contributed by atoms with Crippen molar-refractivity contribution < 1.29 is 4.42 Å². The fourth-order valence-corrected chi connectivity index (χ4v) is 2.07. The minimum atomic E-state index is -0.0853. The highest BCUT2D eigenvalue weighted by atomic mass is 16.3. The van der Waals surface area contributed by atoms with Gasteiger partial charge in [-0.15, -0.1) is 0 Å². The van der Waals surface area contributed by atoms with Crippen LogP contribution in [0.5, 0.6) is 0 Å². The normalized spacial score (nSPS) is 10.7. The summed E-state index contributed by atoms with van der Waals surface area (Å²) >= 11 is 0. The number of para-hydroxylation sites is 1. The molecule has 1 aromatic heterocycles. The molecule has 0 fully saturated rings. The summed E-state index contributed by atoms with van der Waals surface area (Å²) in [5.74, 6) is 0.461. The summed E-state index contributed by atoms with van der Waals surface area (Å²) in [5.41, 5.74) is 13.7. The fraction of sp³-hybridized carbons (Fsp3) is 0. The Bertz CT molecular complexity index is 801. The van der Waals surface area contributed by atoms with Crippen LogP contribution in [0.4, 0.5) is 11.4 Å². The van der Waals surface area contributed by atoms with Crippen molar-refractivity contribution in [2.75, 3.05) is 11.5 Å². The summed E-state index contributed by atoms with van der Waals surface area (Å²) in [6, 6.07) is 13.7. The van der Waals surface area contributed by atoms with Crippen molar-refractivity contribution in [2.24, 2.45) is 0 Å². The molecule has 0 bridgehead atoms. The minimum Gasteiger partial charge on any atom is -0.456 e. The second-order valence-electron chi connectivity index (χ2n) is 4.36. The lowest BCUT2D eigenvalue weighted by Crippen LogP contribution is -2.00. The Morgan fingerprint density at radius 1 is 0.895 bits per heavy atom. The van der Waals surface area contributed by atoms with E-state index in [-0.39, 0.29) is 5.43 Å². The van der Waals surface area contributed by atoms with Gasteiger partial charge in [-0.1, -0.05) is 12.1 Å². The summed E-state index contributed by atoms with van der Waals surface area (Å²) in [4.78, 5) is 12.0. The Labute approximate surface area is 109 Å². The highest BCUT2D eigenvalue weighted by Gasteiger charge is 2.07. The minimum absolute atomic E-state index is 0.0853.